The topological polar surface area (TPSA) is 47.6 Å². The molecule has 0 aliphatic carbocycles. The minimum atomic E-state index is 1.71. The lowest BCUT2D eigenvalue weighted by Crippen LogP contribution is -1.16. The fourth-order valence-corrected chi connectivity index (χ4v) is 0.680. The van der Waals surface area contributed by atoms with Crippen molar-refractivity contribution in [3.8, 4) is 0 Å². The maximum Gasteiger partial charge on any atom is 0 e. The molecule has 2 nitrogen and oxygen atoms in total. The van der Waals surface area contributed by atoms with Gasteiger partial charge in [-0.05, 0) is 10.8 Å². The van der Waals surface area contributed by atoms with Crippen molar-refractivity contribution in [2.75, 3.05) is 0 Å². The maximum atomic E-state index is 6.00. The van der Waals surface area contributed by atoms with Crippen molar-refractivity contribution in [3.63, 3.8) is 0 Å². The third-order valence-electron chi connectivity index (χ3n) is 0.425. The first-order valence-electron chi connectivity index (χ1n) is 1.67. The molecule has 7 heavy (non-hydrogen) atoms. The predicted octanol–water partition coefficient (Wildman–Crippen LogP) is 1.78. The number of rotatable bonds is 0. The van der Waals surface area contributed by atoms with Crippen molar-refractivity contribution in [1.82, 2.24) is 0 Å². The largest absolute Gasteiger partial charge is 0.152 e. The summed E-state index contributed by atoms with van der Waals surface area (Å²) < 4.78 is 0. The van der Waals surface area contributed by atoms with E-state index >= 15 is 0 Å². The molecule has 1 aromatic heterocycles. The second-order valence-corrected chi connectivity index (χ2v) is 1.61. The van der Waals surface area contributed by atoms with Gasteiger partial charge in [0.25, 0.3) is 0 Å². The van der Waals surface area contributed by atoms with Gasteiger partial charge in [0.15, 0.2) is 0 Å². The molecule has 0 amide bonds. The minimum absolute atomic E-state index is 1.71. The van der Waals surface area contributed by atoms with E-state index in [0.717, 1.165) is 0 Å². The second kappa shape index (κ2) is 5.12. The molecular formula is C4H4N2S. The standard InChI is InChI=1S/C4H4S.N2/c1-2-4-5-3-1;1-2/h1-4H;. The average Bonchev–Trinajstić information content (AvgIpc) is 2.23. The zero-order valence-electron chi connectivity index (χ0n) is 3.61. The molecule has 1 rings (SSSR count). The Morgan fingerprint density at radius 3 is 1.57 bits per heavy atom. The monoisotopic (exact) mass is 112 g/mol. The fourth-order valence-electron chi connectivity index (χ4n) is 0.227. The molecule has 0 saturated heterocycles. The van der Waals surface area contributed by atoms with Gasteiger partial charge in [-0.25, -0.2) is 0 Å². The summed E-state index contributed by atoms with van der Waals surface area (Å²) in [5, 5.41) is 16.1. The van der Waals surface area contributed by atoms with E-state index in [9.17, 15) is 0 Å². The van der Waals surface area contributed by atoms with Crippen molar-refractivity contribution in [3.05, 3.63) is 22.9 Å². The Kier molecular flexibility index (Phi) is 4.48. The molecule has 0 aliphatic heterocycles. The molecule has 3 heteroatoms. The predicted molar refractivity (Wildman–Crippen MR) is 27.8 cm³/mol. The van der Waals surface area contributed by atoms with Gasteiger partial charge >= 0.3 is 0 Å². The van der Waals surface area contributed by atoms with Gasteiger partial charge in [-0.15, -0.1) is 0 Å². The summed E-state index contributed by atoms with van der Waals surface area (Å²) in [5.74, 6) is 0. The zero-order chi connectivity index (χ0) is 5.54. The molecule has 0 bridgehead atoms. The Labute approximate surface area is 45.8 Å². The summed E-state index contributed by atoms with van der Waals surface area (Å²) in [6.45, 7) is 0. The van der Waals surface area contributed by atoms with Crippen molar-refractivity contribution in [2.45, 2.75) is 0 Å². The first-order valence-corrected chi connectivity index (χ1v) is 2.61. The molecule has 0 N–H and O–H groups in total. The molecule has 0 radical (unpaired) electrons. The smallest absolute Gasteiger partial charge is 0 e. The molecule has 1 aromatic rings. The molecule has 0 saturated carbocycles. The van der Waals surface area contributed by atoms with Crippen LogP contribution in [0.1, 0.15) is 0 Å². The summed E-state index contributed by atoms with van der Waals surface area (Å²) in [4.78, 5) is 0. The van der Waals surface area contributed by atoms with Crippen molar-refractivity contribution < 1.29 is 0 Å². The maximum absolute atomic E-state index is 6.00. The molecule has 0 atom stereocenters. The van der Waals surface area contributed by atoms with Crippen LogP contribution in [0, 0.1) is 10.8 Å². The van der Waals surface area contributed by atoms with Crippen LogP contribution in [-0.2, 0) is 0 Å². The average molecular weight is 112 g/mol. The summed E-state index contributed by atoms with van der Waals surface area (Å²) in [6, 6.07) is 4.04. The van der Waals surface area contributed by atoms with Gasteiger partial charge in [0.05, 0.1) is 0 Å². The molecule has 0 aliphatic rings. The van der Waals surface area contributed by atoms with E-state index in [0.29, 0.717) is 0 Å². The highest BCUT2D eigenvalue weighted by atomic mass is 32.1. The van der Waals surface area contributed by atoms with Gasteiger partial charge in [-0.1, -0.05) is 12.1 Å². The van der Waals surface area contributed by atoms with Crippen LogP contribution in [0.15, 0.2) is 22.9 Å². The Bertz CT molecular complexity index is 93.3. The van der Waals surface area contributed by atoms with Gasteiger partial charge in [0.2, 0.25) is 0 Å². The van der Waals surface area contributed by atoms with Crippen LogP contribution in [0.4, 0.5) is 0 Å². The third kappa shape index (κ3) is 2.94. The van der Waals surface area contributed by atoms with Gasteiger partial charge in [0.1, 0.15) is 0 Å². The van der Waals surface area contributed by atoms with Crippen LogP contribution in [0.5, 0.6) is 0 Å². The Balaban J connectivity index is 0.000000162. The summed E-state index contributed by atoms with van der Waals surface area (Å²) in [5.41, 5.74) is 0. The molecule has 36 valence electrons. The highest BCUT2D eigenvalue weighted by molar-refractivity contribution is 7.07. The molecule has 0 unspecified atom stereocenters. The third-order valence-corrected chi connectivity index (χ3v) is 1.05. The highest BCUT2D eigenvalue weighted by Gasteiger charge is 1.58. The summed E-state index contributed by atoms with van der Waals surface area (Å²) >= 11 is 1.71. The van der Waals surface area contributed by atoms with Crippen LogP contribution in [-0.4, -0.2) is 0 Å². The van der Waals surface area contributed by atoms with Crippen LogP contribution in [0.3, 0.4) is 0 Å². The molecule has 0 fully saturated rings. The SMILES string of the molecule is N#N.c1ccsc1. The van der Waals surface area contributed by atoms with Crippen molar-refractivity contribution in [2.24, 2.45) is 0 Å². The quantitative estimate of drug-likeness (QED) is 0.480. The zero-order valence-corrected chi connectivity index (χ0v) is 4.43. The molecule has 0 aromatic carbocycles. The number of nitrogens with zero attached hydrogens (tertiary/aromatic N) is 2. The van der Waals surface area contributed by atoms with Crippen LogP contribution >= 0.6 is 11.3 Å². The normalized spacial score (nSPS) is 6.00. The lowest BCUT2D eigenvalue weighted by atomic mass is 10.7. The van der Waals surface area contributed by atoms with Gasteiger partial charge < -0.3 is 0 Å². The number of thiophene rings is 1. The lowest BCUT2D eigenvalue weighted by Gasteiger charge is -1.39. The number of hydrogen-bond acceptors (Lipinski definition) is 3. The van der Waals surface area contributed by atoms with Crippen LogP contribution in [0.2, 0.25) is 0 Å². The fraction of sp³-hybridized carbons (Fsp3) is 0. The first kappa shape index (κ1) is 6.12. The van der Waals surface area contributed by atoms with Gasteiger partial charge in [-0.3, -0.25) is 0 Å². The van der Waals surface area contributed by atoms with E-state index < -0.39 is 0 Å². The van der Waals surface area contributed by atoms with Crippen LogP contribution < -0.4 is 0 Å². The van der Waals surface area contributed by atoms with Crippen molar-refractivity contribution >= 4 is 11.3 Å². The summed E-state index contributed by atoms with van der Waals surface area (Å²) in [6.07, 6.45) is 0. The van der Waals surface area contributed by atoms with E-state index in [-0.39, 0.29) is 0 Å². The van der Waals surface area contributed by atoms with E-state index in [1.807, 2.05) is 22.9 Å². The second-order valence-electron chi connectivity index (χ2n) is 0.793. The molecule has 1 heterocycles. The van der Waals surface area contributed by atoms with E-state index in [1.54, 1.807) is 11.3 Å². The van der Waals surface area contributed by atoms with Gasteiger partial charge in [0, 0.05) is 10.8 Å². The summed E-state index contributed by atoms with van der Waals surface area (Å²) in [7, 11) is 0. The van der Waals surface area contributed by atoms with E-state index in [4.69, 9.17) is 10.8 Å². The highest BCUT2D eigenvalue weighted by Crippen LogP contribution is 1.91. The first-order chi connectivity index (χ1) is 3.50. The Hall–Kier alpha value is -0.880. The molecular weight excluding hydrogens is 108 g/mol. The van der Waals surface area contributed by atoms with E-state index in [1.165, 1.54) is 0 Å². The number of hydrogen-bond donors (Lipinski definition) is 0. The minimum Gasteiger partial charge on any atom is -0.152 e. The molecule has 0 spiro atoms. The lowest BCUT2D eigenvalue weighted by molar-refractivity contribution is 1.15. The van der Waals surface area contributed by atoms with Gasteiger partial charge in [-0.2, -0.15) is 11.3 Å². The van der Waals surface area contributed by atoms with Crippen LogP contribution in [0.25, 0.3) is 0 Å². The van der Waals surface area contributed by atoms with E-state index in [2.05, 4.69) is 0 Å². The Morgan fingerprint density at radius 2 is 1.43 bits per heavy atom. The Morgan fingerprint density at radius 1 is 1.00 bits per heavy atom. The van der Waals surface area contributed by atoms with Crippen molar-refractivity contribution in [1.29, 1.82) is 10.8 Å².